The molecule has 2 N–H and O–H groups in total. The maximum Gasteiger partial charge on any atom is 0.0810 e. The van der Waals surface area contributed by atoms with Gasteiger partial charge >= 0.3 is 0 Å². The summed E-state index contributed by atoms with van der Waals surface area (Å²) in [5.41, 5.74) is 6.17. The summed E-state index contributed by atoms with van der Waals surface area (Å²) in [7, 11) is 0. The first-order valence-corrected chi connectivity index (χ1v) is 8.67. The summed E-state index contributed by atoms with van der Waals surface area (Å²) in [5, 5.41) is 0. The first kappa shape index (κ1) is 14.8. The van der Waals surface area contributed by atoms with E-state index in [0.717, 1.165) is 38.2 Å². The quantitative estimate of drug-likeness (QED) is 0.862. The maximum atomic E-state index is 6.58. The Balaban J connectivity index is 1.62. The van der Waals surface area contributed by atoms with E-state index < -0.39 is 0 Å². The van der Waals surface area contributed by atoms with Gasteiger partial charge in [0.05, 0.1) is 17.3 Å². The van der Waals surface area contributed by atoms with Gasteiger partial charge in [0.1, 0.15) is 0 Å². The Morgan fingerprint density at radius 2 is 1.90 bits per heavy atom. The fraction of sp³-hybridized carbons (Fsp3) is 1.00. The van der Waals surface area contributed by atoms with Gasteiger partial charge in [-0.15, -0.1) is 0 Å². The van der Waals surface area contributed by atoms with Crippen LogP contribution in [-0.4, -0.2) is 30.5 Å². The predicted molar refractivity (Wildman–Crippen MR) is 80.7 cm³/mol. The maximum absolute atomic E-state index is 6.58. The lowest BCUT2D eigenvalue weighted by Crippen LogP contribution is -2.48. The zero-order valence-corrected chi connectivity index (χ0v) is 13.0. The van der Waals surface area contributed by atoms with Gasteiger partial charge in [-0.25, -0.2) is 0 Å². The SMILES string of the molecule is CC1CCC(CN)(OC2CCOC3(CCCCC3)C2)C1. The van der Waals surface area contributed by atoms with Crippen molar-refractivity contribution in [3.05, 3.63) is 0 Å². The second-order valence-electron chi connectivity index (χ2n) is 7.56. The van der Waals surface area contributed by atoms with E-state index >= 15 is 0 Å². The molecule has 20 heavy (non-hydrogen) atoms. The molecule has 1 spiro atoms. The molecule has 1 saturated heterocycles. The lowest BCUT2D eigenvalue weighted by molar-refractivity contribution is -0.181. The summed E-state index contributed by atoms with van der Waals surface area (Å²) in [4.78, 5) is 0. The van der Waals surface area contributed by atoms with Crippen molar-refractivity contribution in [2.24, 2.45) is 11.7 Å². The van der Waals surface area contributed by atoms with Gasteiger partial charge in [0.15, 0.2) is 0 Å². The van der Waals surface area contributed by atoms with Gasteiger partial charge in [0.2, 0.25) is 0 Å². The van der Waals surface area contributed by atoms with Gasteiger partial charge in [-0.1, -0.05) is 26.2 Å². The standard InChI is InChI=1S/C17H31NO2/c1-14-5-9-17(11-14,13-18)20-15-6-10-19-16(12-15)7-3-2-4-8-16/h14-15H,2-13,18H2,1H3. The highest BCUT2D eigenvalue weighted by Crippen LogP contribution is 2.43. The van der Waals surface area contributed by atoms with Crippen molar-refractivity contribution in [3.8, 4) is 0 Å². The van der Waals surface area contributed by atoms with Crippen LogP contribution in [0.4, 0.5) is 0 Å². The van der Waals surface area contributed by atoms with E-state index in [4.69, 9.17) is 15.2 Å². The molecule has 3 atom stereocenters. The minimum atomic E-state index is -0.0305. The minimum Gasteiger partial charge on any atom is -0.375 e. The Kier molecular flexibility index (Phi) is 4.40. The average Bonchev–Trinajstić information content (AvgIpc) is 2.82. The molecule has 116 valence electrons. The number of ether oxygens (including phenoxy) is 2. The van der Waals surface area contributed by atoms with Crippen LogP contribution in [-0.2, 0) is 9.47 Å². The van der Waals surface area contributed by atoms with Gasteiger partial charge in [-0.3, -0.25) is 0 Å². The molecule has 2 aliphatic carbocycles. The van der Waals surface area contributed by atoms with E-state index in [1.807, 2.05) is 0 Å². The summed E-state index contributed by atoms with van der Waals surface area (Å²) in [6.45, 7) is 3.88. The summed E-state index contributed by atoms with van der Waals surface area (Å²) >= 11 is 0. The smallest absolute Gasteiger partial charge is 0.0810 e. The van der Waals surface area contributed by atoms with Crippen molar-refractivity contribution in [1.29, 1.82) is 0 Å². The van der Waals surface area contributed by atoms with E-state index in [-0.39, 0.29) is 11.2 Å². The molecule has 0 aromatic heterocycles. The Labute approximate surface area is 123 Å². The first-order chi connectivity index (χ1) is 9.65. The fourth-order valence-corrected chi connectivity index (χ4v) is 4.67. The van der Waals surface area contributed by atoms with Crippen LogP contribution in [0, 0.1) is 5.92 Å². The molecule has 3 fully saturated rings. The molecule has 0 radical (unpaired) electrons. The Hall–Kier alpha value is -0.120. The third-order valence-corrected chi connectivity index (χ3v) is 5.81. The lowest BCUT2D eigenvalue weighted by atomic mass is 9.79. The van der Waals surface area contributed by atoms with Crippen LogP contribution < -0.4 is 5.73 Å². The summed E-state index contributed by atoms with van der Waals surface area (Å²) in [6.07, 6.45) is 12.6. The van der Waals surface area contributed by atoms with Crippen molar-refractivity contribution < 1.29 is 9.47 Å². The topological polar surface area (TPSA) is 44.5 Å². The zero-order chi connectivity index (χ0) is 14.1. The fourth-order valence-electron chi connectivity index (χ4n) is 4.67. The summed E-state index contributed by atoms with van der Waals surface area (Å²) in [5.74, 6) is 0.766. The average molecular weight is 281 g/mol. The van der Waals surface area contributed by atoms with Gasteiger partial charge in [0, 0.05) is 19.6 Å². The summed E-state index contributed by atoms with van der Waals surface area (Å²) in [6, 6.07) is 0. The molecular weight excluding hydrogens is 250 g/mol. The highest BCUT2D eigenvalue weighted by molar-refractivity contribution is 4.95. The largest absolute Gasteiger partial charge is 0.375 e. The normalized spacial score (nSPS) is 41.1. The zero-order valence-electron chi connectivity index (χ0n) is 13.0. The Morgan fingerprint density at radius 3 is 2.55 bits per heavy atom. The molecule has 0 aromatic carbocycles. The lowest BCUT2D eigenvalue weighted by Gasteiger charge is -2.45. The third kappa shape index (κ3) is 3.05. The number of rotatable bonds is 3. The first-order valence-electron chi connectivity index (χ1n) is 8.67. The Morgan fingerprint density at radius 1 is 1.10 bits per heavy atom. The number of hydrogen-bond donors (Lipinski definition) is 1. The van der Waals surface area contributed by atoms with Crippen LogP contribution in [0.2, 0.25) is 0 Å². The molecule has 0 aromatic rings. The van der Waals surface area contributed by atoms with Crippen molar-refractivity contribution in [1.82, 2.24) is 0 Å². The molecule has 1 aliphatic heterocycles. The molecule has 3 aliphatic rings. The number of nitrogens with two attached hydrogens (primary N) is 1. The van der Waals surface area contributed by atoms with Crippen molar-refractivity contribution in [2.45, 2.75) is 88.4 Å². The highest BCUT2D eigenvalue weighted by atomic mass is 16.5. The summed E-state index contributed by atoms with van der Waals surface area (Å²) < 4.78 is 12.8. The van der Waals surface area contributed by atoms with E-state index in [0.29, 0.717) is 12.6 Å². The Bertz CT molecular complexity index is 321. The third-order valence-electron chi connectivity index (χ3n) is 5.81. The molecular formula is C17H31NO2. The van der Waals surface area contributed by atoms with E-state index in [1.54, 1.807) is 0 Å². The second kappa shape index (κ2) is 5.94. The van der Waals surface area contributed by atoms with Crippen LogP contribution in [0.25, 0.3) is 0 Å². The van der Waals surface area contributed by atoms with Crippen LogP contribution in [0.1, 0.15) is 71.1 Å². The molecule has 0 bridgehead atoms. The molecule has 3 unspecified atom stereocenters. The monoisotopic (exact) mass is 281 g/mol. The van der Waals surface area contributed by atoms with Gasteiger partial charge in [0.25, 0.3) is 0 Å². The predicted octanol–water partition coefficient (Wildman–Crippen LogP) is 3.40. The number of hydrogen-bond acceptors (Lipinski definition) is 3. The van der Waals surface area contributed by atoms with E-state index in [9.17, 15) is 0 Å². The van der Waals surface area contributed by atoms with Crippen LogP contribution in [0.5, 0.6) is 0 Å². The second-order valence-corrected chi connectivity index (χ2v) is 7.56. The molecule has 3 heteroatoms. The molecule has 2 saturated carbocycles. The van der Waals surface area contributed by atoms with Crippen molar-refractivity contribution >= 4 is 0 Å². The highest BCUT2D eigenvalue weighted by Gasteiger charge is 2.44. The molecule has 0 amide bonds. The molecule has 3 nitrogen and oxygen atoms in total. The minimum absolute atomic E-state index is 0.0305. The van der Waals surface area contributed by atoms with E-state index in [1.165, 1.54) is 38.5 Å². The van der Waals surface area contributed by atoms with Gasteiger partial charge in [-0.2, -0.15) is 0 Å². The van der Waals surface area contributed by atoms with Gasteiger partial charge < -0.3 is 15.2 Å². The van der Waals surface area contributed by atoms with Gasteiger partial charge in [-0.05, 0) is 44.4 Å². The van der Waals surface area contributed by atoms with Crippen molar-refractivity contribution in [2.75, 3.05) is 13.2 Å². The van der Waals surface area contributed by atoms with E-state index in [2.05, 4.69) is 6.92 Å². The van der Waals surface area contributed by atoms with Crippen LogP contribution in [0.3, 0.4) is 0 Å². The molecule has 3 rings (SSSR count). The van der Waals surface area contributed by atoms with Crippen LogP contribution in [0.15, 0.2) is 0 Å². The van der Waals surface area contributed by atoms with Crippen LogP contribution >= 0.6 is 0 Å². The molecule has 1 heterocycles. The van der Waals surface area contributed by atoms with Crippen molar-refractivity contribution in [3.63, 3.8) is 0 Å².